The van der Waals surface area contributed by atoms with Gasteiger partial charge in [-0.25, -0.2) is 4.79 Å². The Morgan fingerprint density at radius 1 is 1.23 bits per heavy atom. The molecule has 30 heavy (non-hydrogen) atoms. The number of nitrogens with zero attached hydrogens (tertiary/aromatic N) is 2. The van der Waals surface area contributed by atoms with Gasteiger partial charge in [0.15, 0.2) is 0 Å². The molecular weight excluding hydrogens is 384 g/mol. The van der Waals surface area contributed by atoms with Gasteiger partial charge in [0.05, 0.1) is 24.2 Å². The molecule has 0 aliphatic carbocycles. The second kappa shape index (κ2) is 9.02. The van der Waals surface area contributed by atoms with Gasteiger partial charge in [0.1, 0.15) is 17.7 Å². The summed E-state index contributed by atoms with van der Waals surface area (Å²) in [5.41, 5.74) is 0.710. The number of hydrogen-bond donors (Lipinski definition) is 1. The molecule has 1 aliphatic heterocycles. The summed E-state index contributed by atoms with van der Waals surface area (Å²) in [6.07, 6.45) is 5.31. The number of aromatic nitrogens is 2. The summed E-state index contributed by atoms with van der Waals surface area (Å²) in [5.74, 6) is 1.46. The Hall–Kier alpha value is -2.64. The molecule has 0 spiro atoms. The molecule has 1 N–H and O–H groups in total. The average molecular weight is 412 g/mol. The van der Waals surface area contributed by atoms with Crippen LogP contribution < -0.4 is 10.4 Å². The number of aliphatic hydroxyl groups is 1. The minimum absolute atomic E-state index is 0.286. The standard InChI is InChI=1S/C23H28N2O5/c1-3-4-5-6-11-28-18-9-7-16(8-10-18)20-12-17-14-25(23(27)24-22(17)30-20)21-13-19(26)15(2)29-21/h7-10,12,14-15,19,21,26H,3-6,11,13H2,1-2H3/t15?,19-,21+/m0/s1. The first-order valence-corrected chi connectivity index (χ1v) is 10.6. The number of ether oxygens (including phenoxy) is 2. The van der Waals surface area contributed by atoms with E-state index in [-0.39, 0.29) is 11.8 Å². The van der Waals surface area contributed by atoms with E-state index in [9.17, 15) is 9.90 Å². The molecule has 4 rings (SSSR count). The van der Waals surface area contributed by atoms with Crippen LogP contribution in [0, 0.1) is 0 Å². The Kier molecular flexibility index (Phi) is 6.20. The van der Waals surface area contributed by atoms with Crippen molar-refractivity contribution in [3.63, 3.8) is 0 Å². The summed E-state index contributed by atoms with van der Waals surface area (Å²) >= 11 is 0. The number of rotatable bonds is 8. The van der Waals surface area contributed by atoms with Gasteiger partial charge in [0, 0.05) is 18.2 Å². The first-order valence-electron chi connectivity index (χ1n) is 10.6. The number of fused-ring (bicyclic) bond motifs is 1. The molecule has 1 saturated heterocycles. The molecule has 7 nitrogen and oxygen atoms in total. The maximum atomic E-state index is 12.4. The van der Waals surface area contributed by atoms with E-state index in [1.54, 1.807) is 13.1 Å². The second-order valence-corrected chi connectivity index (χ2v) is 7.83. The lowest BCUT2D eigenvalue weighted by molar-refractivity contribution is -0.00984. The number of aliphatic hydroxyl groups excluding tert-OH is 1. The van der Waals surface area contributed by atoms with E-state index in [0.717, 1.165) is 24.3 Å². The monoisotopic (exact) mass is 412 g/mol. The zero-order valence-electron chi connectivity index (χ0n) is 17.4. The first kappa shape index (κ1) is 20.6. The van der Waals surface area contributed by atoms with E-state index in [0.29, 0.717) is 17.6 Å². The van der Waals surface area contributed by atoms with Crippen molar-refractivity contribution in [2.24, 2.45) is 0 Å². The normalized spacial score (nSPS) is 21.4. The van der Waals surface area contributed by atoms with Crippen molar-refractivity contribution < 1.29 is 19.0 Å². The summed E-state index contributed by atoms with van der Waals surface area (Å²) in [6.45, 7) is 4.70. The fraction of sp³-hybridized carbons (Fsp3) is 0.478. The van der Waals surface area contributed by atoms with Gasteiger partial charge in [-0.3, -0.25) is 4.57 Å². The van der Waals surface area contributed by atoms with Gasteiger partial charge in [-0.1, -0.05) is 26.2 Å². The van der Waals surface area contributed by atoms with Gasteiger partial charge in [0.25, 0.3) is 0 Å². The van der Waals surface area contributed by atoms with Crippen LogP contribution in [0.4, 0.5) is 0 Å². The molecule has 0 bridgehead atoms. The van der Waals surface area contributed by atoms with E-state index in [4.69, 9.17) is 13.9 Å². The van der Waals surface area contributed by atoms with Crippen LogP contribution in [-0.2, 0) is 4.74 Å². The smallest absolute Gasteiger partial charge is 0.353 e. The number of benzene rings is 1. The van der Waals surface area contributed by atoms with Crippen LogP contribution in [0.5, 0.6) is 5.75 Å². The molecule has 0 amide bonds. The zero-order valence-corrected chi connectivity index (χ0v) is 17.4. The predicted octanol–water partition coefficient (Wildman–Crippen LogP) is 4.28. The molecule has 0 saturated carbocycles. The average Bonchev–Trinajstić information content (AvgIpc) is 3.30. The van der Waals surface area contributed by atoms with Crippen molar-refractivity contribution in [3.05, 3.63) is 47.0 Å². The van der Waals surface area contributed by atoms with E-state index < -0.39 is 18.0 Å². The van der Waals surface area contributed by atoms with Crippen molar-refractivity contribution in [1.29, 1.82) is 0 Å². The van der Waals surface area contributed by atoms with Gasteiger partial charge in [0.2, 0.25) is 5.71 Å². The fourth-order valence-electron chi connectivity index (χ4n) is 3.68. The lowest BCUT2D eigenvalue weighted by Crippen LogP contribution is -2.26. The van der Waals surface area contributed by atoms with Crippen LogP contribution in [0.2, 0.25) is 0 Å². The Balaban J connectivity index is 1.49. The van der Waals surface area contributed by atoms with Crippen LogP contribution in [0.3, 0.4) is 0 Å². The van der Waals surface area contributed by atoms with Gasteiger partial charge < -0.3 is 19.0 Å². The van der Waals surface area contributed by atoms with Crippen molar-refractivity contribution >= 4 is 11.1 Å². The van der Waals surface area contributed by atoms with Crippen molar-refractivity contribution in [2.75, 3.05) is 6.61 Å². The Labute approximate surface area is 175 Å². The molecule has 3 heterocycles. The van der Waals surface area contributed by atoms with Crippen LogP contribution >= 0.6 is 0 Å². The topological polar surface area (TPSA) is 86.7 Å². The van der Waals surface area contributed by atoms with Crippen LogP contribution in [0.15, 0.2) is 45.7 Å². The summed E-state index contributed by atoms with van der Waals surface area (Å²) in [6, 6.07) is 9.56. The summed E-state index contributed by atoms with van der Waals surface area (Å²) in [7, 11) is 0. The summed E-state index contributed by atoms with van der Waals surface area (Å²) in [5, 5.41) is 10.6. The SMILES string of the molecule is CCCCCCOc1ccc(-c2cc3cn([C@H]4C[C@H](O)C(C)O4)c(=O)nc3o2)cc1. The Morgan fingerprint density at radius 3 is 2.73 bits per heavy atom. The molecule has 3 aromatic rings. The van der Waals surface area contributed by atoms with Crippen LogP contribution in [0.1, 0.15) is 52.2 Å². The van der Waals surface area contributed by atoms with Crippen molar-refractivity contribution in [3.8, 4) is 17.1 Å². The number of furan rings is 1. The number of hydrogen-bond acceptors (Lipinski definition) is 6. The molecule has 1 aliphatic rings. The highest BCUT2D eigenvalue weighted by molar-refractivity contribution is 5.79. The molecule has 1 fully saturated rings. The molecule has 0 radical (unpaired) electrons. The van der Waals surface area contributed by atoms with Crippen molar-refractivity contribution in [2.45, 2.75) is 64.4 Å². The highest BCUT2D eigenvalue weighted by Gasteiger charge is 2.32. The van der Waals surface area contributed by atoms with Gasteiger partial charge in [-0.05, 0) is 43.7 Å². The molecule has 7 heteroatoms. The van der Waals surface area contributed by atoms with Crippen molar-refractivity contribution in [1.82, 2.24) is 9.55 Å². The maximum Gasteiger partial charge on any atom is 0.353 e. The quantitative estimate of drug-likeness (QED) is 0.556. The number of unbranched alkanes of at least 4 members (excludes halogenated alkanes) is 3. The molecule has 160 valence electrons. The van der Waals surface area contributed by atoms with E-state index in [1.807, 2.05) is 30.3 Å². The fourth-order valence-corrected chi connectivity index (χ4v) is 3.68. The van der Waals surface area contributed by atoms with Gasteiger partial charge >= 0.3 is 5.69 Å². The maximum absolute atomic E-state index is 12.4. The molecule has 1 aromatic carbocycles. The van der Waals surface area contributed by atoms with Crippen LogP contribution in [-0.4, -0.2) is 33.5 Å². The molecule has 2 aromatic heterocycles. The lowest BCUT2D eigenvalue weighted by Gasteiger charge is -2.12. The molecule has 1 unspecified atom stereocenters. The third kappa shape index (κ3) is 4.42. The van der Waals surface area contributed by atoms with E-state index in [1.165, 1.54) is 23.8 Å². The van der Waals surface area contributed by atoms with Crippen LogP contribution in [0.25, 0.3) is 22.4 Å². The lowest BCUT2D eigenvalue weighted by atomic mass is 10.1. The van der Waals surface area contributed by atoms with Gasteiger partial charge in [-0.15, -0.1) is 0 Å². The highest BCUT2D eigenvalue weighted by Crippen LogP contribution is 2.30. The molecular formula is C23H28N2O5. The van der Waals surface area contributed by atoms with E-state index in [2.05, 4.69) is 11.9 Å². The zero-order chi connectivity index (χ0) is 21.1. The predicted molar refractivity (Wildman–Crippen MR) is 114 cm³/mol. The molecule has 3 atom stereocenters. The summed E-state index contributed by atoms with van der Waals surface area (Å²) < 4.78 is 18.7. The van der Waals surface area contributed by atoms with E-state index >= 15 is 0 Å². The minimum Gasteiger partial charge on any atom is -0.494 e. The Morgan fingerprint density at radius 2 is 2.03 bits per heavy atom. The summed E-state index contributed by atoms with van der Waals surface area (Å²) in [4.78, 5) is 16.5. The third-order valence-electron chi connectivity index (χ3n) is 5.51. The largest absolute Gasteiger partial charge is 0.494 e. The first-order chi connectivity index (χ1) is 14.5. The van der Waals surface area contributed by atoms with Gasteiger partial charge in [-0.2, -0.15) is 4.98 Å². The minimum atomic E-state index is -0.593. The second-order valence-electron chi connectivity index (χ2n) is 7.83. The Bertz CT molecular complexity index is 1030. The highest BCUT2D eigenvalue weighted by atomic mass is 16.5. The third-order valence-corrected chi connectivity index (χ3v) is 5.51.